The summed E-state index contributed by atoms with van der Waals surface area (Å²) in [6.07, 6.45) is 1.66. The Kier molecular flexibility index (Phi) is 4.25. The zero-order valence-corrected chi connectivity index (χ0v) is 10.6. The predicted octanol–water partition coefficient (Wildman–Crippen LogP) is 2.66. The molecular formula is C12H10ClN3O3. The zero-order chi connectivity index (χ0) is 13.7. The summed E-state index contributed by atoms with van der Waals surface area (Å²) in [7, 11) is 0. The zero-order valence-electron chi connectivity index (χ0n) is 9.82. The average molecular weight is 280 g/mol. The standard InChI is InChI=1S/C12H10ClN3O3/c13-12-14-8-10(16(17)18)11(15-12)19-7-6-9-4-2-1-3-5-9/h1-5,8H,6-7H2. The van der Waals surface area contributed by atoms with E-state index in [9.17, 15) is 10.1 Å². The van der Waals surface area contributed by atoms with Crippen molar-refractivity contribution in [2.24, 2.45) is 0 Å². The summed E-state index contributed by atoms with van der Waals surface area (Å²) in [6, 6.07) is 9.65. The molecule has 1 heterocycles. The van der Waals surface area contributed by atoms with Crippen LogP contribution in [0.15, 0.2) is 36.5 Å². The van der Waals surface area contributed by atoms with Crippen LogP contribution in [-0.2, 0) is 6.42 Å². The van der Waals surface area contributed by atoms with Gasteiger partial charge in [-0.3, -0.25) is 10.1 Å². The summed E-state index contributed by atoms with van der Waals surface area (Å²) < 4.78 is 5.31. The molecule has 0 unspecified atom stereocenters. The first-order valence-corrected chi connectivity index (χ1v) is 5.88. The maximum Gasteiger partial charge on any atom is 0.349 e. The number of nitro groups is 1. The summed E-state index contributed by atoms with van der Waals surface area (Å²) in [5, 5.41) is 10.7. The topological polar surface area (TPSA) is 78.2 Å². The lowest BCUT2D eigenvalue weighted by atomic mass is 10.2. The molecule has 98 valence electrons. The fourth-order valence-corrected chi connectivity index (χ4v) is 1.61. The van der Waals surface area contributed by atoms with E-state index in [1.807, 2.05) is 30.3 Å². The van der Waals surface area contributed by atoms with Gasteiger partial charge in [-0.15, -0.1) is 0 Å². The number of hydrogen-bond donors (Lipinski definition) is 0. The Hall–Kier alpha value is -2.21. The third-order valence-electron chi connectivity index (χ3n) is 2.38. The molecule has 0 aliphatic carbocycles. The summed E-state index contributed by atoms with van der Waals surface area (Å²) >= 11 is 5.59. The van der Waals surface area contributed by atoms with Crippen LogP contribution in [0, 0.1) is 10.1 Å². The Morgan fingerprint density at radius 1 is 1.32 bits per heavy atom. The van der Waals surface area contributed by atoms with Gasteiger partial charge >= 0.3 is 5.69 Å². The lowest BCUT2D eigenvalue weighted by Crippen LogP contribution is -2.05. The summed E-state index contributed by atoms with van der Waals surface area (Å²) in [6.45, 7) is 0.276. The first-order chi connectivity index (χ1) is 9.16. The molecule has 2 rings (SSSR count). The van der Waals surface area contributed by atoms with Crippen LogP contribution in [0.3, 0.4) is 0 Å². The minimum absolute atomic E-state index is 0.0830. The molecular weight excluding hydrogens is 270 g/mol. The van der Waals surface area contributed by atoms with Crippen molar-refractivity contribution in [1.82, 2.24) is 9.97 Å². The average Bonchev–Trinajstić information content (AvgIpc) is 2.39. The monoisotopic (exact) mass is 279 g/mol. The molecule has 0 fully saturated rings. The minimum atomic E-state index is -0.603. The number of rotatable bonds is 5. The van der Waals surface area contributed by atoms with Crippen molar-refractivity contribution >= 4 is 17.3 Å². The largest absolute Gasteiger partial charge is 0.472 e. The summed E-state index contributed by atoms with van der Waals surface area (Å²) in [5.74, 6) is -0.110. The molecule has 0 saturated heterocycles. The van der Waals surface area contributed by atoms with Crippen molar-refractivity contribution in [1.29, 1.82) is 0 Å². The number of ether oxygens (including phenoxy) is 1. The first kappa shape index (κ1) is 13.2. The van der Waals surface area contributed by atoms with Crippen molar-refractivity contribution in [3.63, 3.8) is 0 Å². The predicted molar refractivity (Wildman–Crippen MR) is 69.3 cm³/mol. The van der Waals surface area contributed by atoms with Gasteiger partial charge in [0.15, 0.2) is 0 Å². The van der Waals surface area contributed by atoms with Crippen LogP contribution in [0.2, 0.25) is 5.28 Å². The Morgan fingerprint density at radius 2 is 2.05 bits per heavy atom. The molecule has 6 nitrogen and oxygen atoms in total. The Balaban J connectivity index is 2.03. The Labute approximate surface area is 114 Å². The SMILES string of the molecule is O=[N+]([O-])c1cnc(Cl)nc1OCCc1ccccc1. The summed E-state index contributed by atoms with van der Waals surface area (Å²) in [5.41, 5.74) is 0.780. The van der Waals surface area contributed by atoms with Gasteiger partial charge in [-0.05, 0) is 17.2 Å². The van der Waals surface area contributed by atoms with Gasteiger partial charge in [-0.25, -0.2) is 4.98 Å². The Bertz CT molecular complexity index is 578. The molecule has 1 aromatic carbocycles. The van der Waals surface area contributed by atoms with E-state index < -0.39 is 4.92 Å². The quantitative estimate of drug-likeness (QED) is 0.478. The number of benzene rings is 1. The van der Waals surface area contributed by atoms with Crippen LogP contribution < -0.4 is 4.74 Å². The molecule has 0 aliphatic rings. The van der Waals surface area contributed by atoms with E-state index in [1.165, 1.54) is 0 Å². The molecule has 0 N–H and O–H groups in total. The van der Waals surface area contributed by atoms with Crippen molar-refractivity contribution < 1.29 is 9.66 Å². The van der Waals surface area contributed by atoms with E-state index in [0.29, 0.717) is 6.42 Å². The Morgan fingerprint density at radius 3 is 2.74 bits per heavy atom. The third kappa shape index (κ3) is 3.62. The fraction of sp³-hybridized carbons (Fsp3) is 0.167. The van der Waals surface area contributed by atoms with Gasteiger partial charge in [0.25, 0.3) is 5.88 Å². The van der Waals surface area contributed by atoms with Gasteiger partial charge in [-0.1, -0.05) is 30.3 Å². The maximum absolute atomic E-state index is 10.8. The van der Waals surface area contributed by atoms with Crippen LogP contribution in [0.5, 0.6) is 5.88 Å². The molecule has 1 aromatic heterocycles. The first-order valence-electron chi connectivity index (χ1n) is 5.50. The molecule has 0 bridgehead atoms. The summed E-state index contributed by atoms with van der Waals surface area (Å²) in [4.78, 5) is 17.4. The van der Waals surface area contributed by atoms with E-state index in [-0.39, 0.29) is 23.5 Å². The molecule has 0 amide bonds. The second-order valence-corrected chi connectivity index (χ2v) is 4.01. The highest BCUT2D eigenvalue weighted by Crippen LogP contribution is 2.24. The molecule has 19 heavy (non-hydrogen) atoms. The van der Waals surface area contributed by atoms with Crippen LogP contribution in [0.25, 0.3) is 0 Å². The normalized spacial score (nSPS) is 10.2. The van der Waals surface area contributed by atoms with Crippen molar-refractivity contribution in [3.8, 4) is 5.88 Å². The van der Waals surface area contributed by atoms with Crippen LogP contribution in [-0.4, -0.2) is 21.5 Å². The van der Waals surface area contributed by atoms with E-state index in [1.54, 1.807) is 0 Å². The molecule has 0 radical (unpaired) electrons. The van der Waals surface area contributed by atoms with Crippen LogP contribution in [0.1, 0.15) is 5.56 Å². The molecule has 0 atom stereocenters. The van der Waals surface area contributed by atoms with Gasteiger partial charge in [0, 0.05) is 6.42 Å². The number of halogens is 1. The van der Waals surface area contributed by atoms with Crippen LogP contribution >= 0.6 is 11.6 Å². The third-order valence-corrected chi connectivity index (χ3v) is 2.56. The fourth-order valence-electron chi connectivity index (χ4n) is 1.48. The second-order valence-electron chi connectivity index (χ2n) is 3.67. The molecule has 0 saturated carbocycles. The minimum Gasteiger partial charge on any atom is -0.472 e. The molecule has 0 aliphatic heterocycles. The van der Waals surface area contributed by atoms with E-state index in [0.717, 1.165) is 11.8 Å². The van der Waals surface area contributed by atoms with Gasteiger partial charge in [0.1, 0.15) is 6.20 Å². The molecule has 0 spiro atoms. The lowest BCUT2D eigenvalue weighted by Gasteiger charge is -2.05. The maximum atomic E-state index is 10.8. The molecule has 7 heteroatoms. The second kappa shape index (κ2) is 6.10. The van der Waals surface area contributed by atoms with E-state index >= 15 is 0 Å². The van der Waals surface area contributed by atoms with Gasteiger partial charge in [0.2, 0.25) is 5.28 Å². The highest BCUT2D eigenvalue weighted by atomic mass is 35.5. The van der Waals surface area contributed by atoms with E-state index in [2.05, 4.69) is 9.97 Å². The van der Waals surface area contributed by atoms with Gasteiger partial charge < -0.3 is 4.74 Å². The van der Waals surface area contributed by atoms with Crippen molar-refractivity contribution in [2.75, 3.05) is 6.61 Å². The molecule has 2 aromatic rings. The highest BCUT2D eigenvalue weighted by molar-refractivity contribution is 6.28. The van der Waals surface area contributed by atoms with Crippen LogP contribution in [0.4, 0.5) is 5.69 Å². The smallest absolute Gasteiger partial charge is 0.349 e. The van der Waals surface area contributed by atoms with Crippen molar-refractivity contribution in [3.05, 3.63) is 57.5 Å². The van der Waals surface area contributed by atoms with Gasteiger partial charge in [-0.2, -0.15) is 4.98 Å². The van der Waals surface area contributed by atoms with Gasteiger partial charge in [0.05, 0.1) is 11.5 Å². The number of aromatic nitrogens is 2. The van der Waals surface area contributed by atoms with E-state index in [4.69, 9.17) is 16.3 Å². The van der Waals surface area contributed by atoms with Crippen molar-refractivity contribution in [2.45, 2.75) is 6.42 Å². The number of hydrogen-bond acceptors (Lipinski definition) is 5. The highest BCUT2D eigenvalue weighted by Gasteiger charge is 2.18. The lowest BCUT2D eigenvalue weighted by molar-refractivity contribution is -0.386. The number of nitrogens with zero attached hydrogens (tertiary/aromatic N) is 3.